The maximum Gasteiger partial charge on any atom is 0.138 e. The van der Waals surface area contributed by atoms with Crippen LogP contribution in [-0.2, 0) is 0 Å². The van der Waals surface area contributed by atoms with Crippen molar-refractivity contribution in [2.45, 2.75) is 6.04 Å². The Bertz CT molecular complexity index is 5330. The van der Waals surface area contributed by atoms with E-state index in [2.05, 4.69) is 290 Å². The van der Waals surface area contributed by atoms with E-state index >= 15 is 0 Å². The molecular formula is C81H52N4. The summed E-state index contributed by atoms with van der Waals surface area (Å²) in [6.07, 6.45) is 4.80. The second kappa shape index (κ2) is 19.5. The van der Waals surface area contributed by atoms with Crippen LogP contribution in [0.3, 0.4) is 0 Å². The first-order valence-corrected chi connectivity index (χ1v) is 29.2. The number of allylic oxidation sites excluding steroid dienone is 2. The molecule has 4 heteroatoms. The van der Waals surface area contributed by atoms with E-state index in [1.807, 2.05) is 12.1 Å². The fourth-order valence-electron chi connectivity index (χ4n) is 13.7. The van der Waals surface area contributed by atoms with Gasteiger partial charge in [0.15, 0.2) is 0 Å². The summed E-state index contributed by atoms with van der Waals surface area (Å²) in [5.41, 5.74) is 15.1. The minimum Gasteiger partial charge on any atom is -0.374 e. The molecule has 0 fully saturated rings. The van der Waals surface area contributed by atoms with Gasteiger partial charge in [-0.05, 0) is 187 Å². The van der Waals surface area contributed by atoms with Crippen LogP contribution in [0.25, 0.3) is 137 Å². The summed E-state index contributed by atoms with van der Waals surface area (Å²) >= 11 is 0. The van der Waals surface area contributed by atoms with E-state index in [1.54, 1.807) is 0 Å². The molecule has 1 unspecified atom stereocenters. The smallest absolute Gasteiger partial charge is 0.138 e. The lowest BCUT2D eigenvalue weighted by molar-refractivity contribution is 0.775. The molecule has 15 aromatic rings. The quantitative estimate of drug-likeness (QED) is 0.156. The fourth-order valence-corrected chi connectivity index (χ4v) is 13.7. The average molecular weight is 1080 g/mol. The number of hydrogen-bond donors (Lipinski definition) is 2. The zero-order valence-corrected chi connectivity index (χ0v) is 46.3. The van der Waals surface area contributed by atoms with Crippen molar-refractivity contribution in [3.63, 3.8) is 0 Å². The normalized spacial score (nSPS) is 14.2. The molecule has 2 N–H and O–H groups in total. The Morgan fingerprint density at radius 1 is 0.329 bits per heavy atom. The van der Waals surface area contributed by atoms with Gasteiger partial charge in [0, 0.05) is 39.2 Å². The Morgan fingerprint density at radius 2 is 0.729 bits per heavy atom. The van der Waals surface area contributed by atoms with Crippen LogP contribution in [0.4, 0.5) is 5.69 Å². The summed E-state index contributed by atoms with van der Waals surface area (Å²) in [7, 11) is 0. The second-order valence-electron chi connectivity index (χ2n) is 22.6. The van der Waals surface area contributed by atoms with Crippen molar-refractivity contribution < 1.29 is 0 Å². The third kappa shape index (κ3) is 8.13. The standard InChI is InChI=1S/C81H52N4/c1-49-59-24-18-19-37-76(59)85-81(82-49)58-39-54(56-45-77(72-41-50-20-2-6-25-60(50)64-29-10-14-33-68(64)72)83-78(46-56)73-42-51-21-3-7-26-61(51)65-30-11-15-34-69(65)73)38-55(40-58)57-47-79(74-43-52-22-4-8-27-62(52)66-31-12-16-35-70(66)74)84-80(48-57)75-44-53-23-5-9-28-63(53)67-32-13-17-36-71(67)75/h2-48,77,83H,1H2,(H,82,85). The molecule has 0 saturated heterocycles. The third-order valence-corrected chi connectivity index (χ3v) is 17.7. The van der Waals surface area contributed by atoms with Gasteiger partial charge in [0.2, 0.25) is 0 Å². The van der Waals surface area contributed by atoms with Crippen molar-refractivity contribution in [1.29, 1.82) is 0 Å². The second-order valence-corrected chi connectivity index (χ2v) is 22.6. The minimum atomic E-state index is -0.222. The number of nitrogens with zero attached hydrogens (tertiary/aromatic N) is 2. The van der Waals surface area contributed by atoms with Crippen molar-refractivity contribution in [2.24, 2.45) is 4.99 Å². The number of nitrogens with one attached hydrogen (secondary N) is 2. The number of para-hydroxylation sites is 1. The molecule has 4 nitrogen and oxygen atoms in total. The molecule has 0 amide bonds. The SMILES string of the molecule is C=C1NC(c2cc(C3=CC(c4cc5ccccc5c5ccccc45)NC(c4cc5ccccc5c5ccccc45)=C3)cc(-c3cc(-c4cc5ccccc5c5ccccc45)nc(-c4cc5ccccc5c5ccccc45)c3)c2)=Nc2ccccc21. The monoisotopic (exact) mass is 1080 g/mol. The predicted octanol–water partition coefficient (Wildman–Crippen LogP) is 20.7. The van der Waals surface area contributed by atoms with Crippen LogP contribution in [0.1, 0.15) is 33.9 Å². The van der Waals surface area contributed by atoms with Crippen molar-refractivity contribution in [1.82, 2.24) is 15.6 Å². The molecule has 3 heterocycles. The van der Waals surface area contributed by atoms with Gasteiger partial charge >= 0.3 is 0 Å². The first kappa shape index (κ1) is 48.5. The maximum atomic E-state index is 5.78. The zero-order chi connectivity index (χ0) is 56.1. The largest absolute Gasteiger partial charge is 0.374 e. The first-order chi connectivity index (χ1) is 42.0. The summed E-state index contributed by atoms with van der Waals surface area (Å²) in [5, 5.41) is 27.0. The lowest BCUT2D eigenvalue weighted by Gasteiger charge is -2.28. The molecule has 2 aliphatic heterocycles. The number of dihydropyridines is 1. The molecule has 14 aromatic carbocycles. The highest BCUT2D eigenvalue weighted by molar-refractivity contribution is 6.17. The summed E-state index contributed by atoms with van der Waals surface area (Å²) in [6.45, 7) is 4.56. The topological polar surface area (TPSA) is 49.3 Å². The van der Waals surface area contributed by atoms with Crippen LogP contribution in [0.2, 0.25) is 0 Å². The number of pyridine rings is 1. The molecule has 0 saturated carbocycles. The van der Waals surface area contributed by atoms with E-state index in [1.165, 1.54) is 81.0 Å². The molecule has 2 aliphatic rings. The molecule has 0 radical (unpaired) electrons. The average Bonchev–Trinajstić information content (AvgIpc) is 3.75. The van der Waals surface area contributed by atoms with Gasteiger partial charge in [-0.3, -0.25) is 0 Å². The van der Waals surface area contributed by atoms with Crippen LogP contribution < -0.4 is 10.6 Å². The van der Waals surface area contributed by atoms with E-state index in [4.69, 9.17) is 9.98 Å². The summed E-state index contributed by atoms with van der Waals surface area (Å²) in [4.78, 5) is 11.2. The molecule has 1 atom stereocenters. The highest BCUT2D eigenvalue weighted by Gasteiger charge is 2.26. The van der Waals surface area contributed by atoms with Gasteiger partial charge in [-0.15, -0.1) is 0 Å². The van der Waals surface area contributed by atoms with E-state index in [0.717, 1.165) is 95.2 Å². The highest BCUT2D eigenvalue weighted by atomic mass is 15.0. The summed E-state index contributed by atoms with van der Waals surface area (Å²) < 4.78 is 0. The molecule has 396 valence electrons. The first-order valence-electron chi connectivity index (χ1n) is 29.2. The Labute approximate surface area is 491 Å². The molecule has 17 rings (SSSR count). The van der Waals surface area contributed by atoms with Gasteiger partial charge in [0.1, 0.15) is 5.84 Å². The van der Waals surface area contributed by atoms with Crippen LogP contribution in [0.15, 0.2) is 297 Å². The van der Waals surface area contributed by atoms with Gasteiger partial charge in [-0.2, -0.15) is 0 Å². The van der Waals surface area contributed by atoms with Crippen molar-refractivity contribution >= 4 is 115 Å². The number of benzene rings is 14. The number of hydrogen-bond acceptors (Lipinski definition) is 4. The zero-order valence-electron chi connectivity index (χ0n) is 46.3. The van der Waals surface area contributed by atoms with Crippen LogP contribution in [-0.4, -0.2) is 10.8 Å². The summed E-state index contributed by atoms with van der Waals surface area (Å²) in [5.74, 6) is 0.735. The molecular weight excluding hydrogens is 1030 g/mol. The number of aromatic nitrogens is 1. The van der Waals surface area contributed by atoms with Gasteiger partial charge in [-0.1, -0.05) is 219 Å². The Kier molecular flexibility index (Phi) is 11.1. The molecule has 85 heavy (non-hydrogen) atoms. The summed E-state index contributed by atoms with van der Waals surface area (Å²) in [6, 6.07) is 99.2. The number of aliphatic imine (C=N–C) groups is 1. The van der Waals surface area contributed by atoms with Gasteiger partial charge < -0.3 is 10.6 Å². The Balaban J connectivity index is 0.952. The van der Waals surface area contributed by atoms with Crippen LogP contribution >= 0.6 is 0 Å². The predicted molar refractivity (Wildman–Crippen MR) is 360 cm³/mol. The maximum absolute atomic E-state index is 5.78. The number of amidine groups is 1. The molecule has 1 aromatic heterocycles. The molecule has 0 spiro atoms. The van der Waals surface area contributed by atoms with Gasteiger partial charge in [0.05, 0.1) is 23.1 Å². The van der Waals surface area contributed by atoms with Crippen molar-refractivity contribution in [2.75, 3.05) is 0 Å². The fraction of sp³-hybridized carbons (Fsp3) is 0.0123. The third-order valence-electron chi connectivity index (χ3n) is 17.7. The lowest BCUT2D eigenvalue weighted by atomic mass is 9.86. The lowest BCUT2D eigenvalue weighted by Crippen LogP contribution is -2.25. The van der Waals surface area contributed by atoms with E-state index in [0.29, 0.717) is 0 Å². The molecule has 0 bridgehead atoms. The van der Waals surface area contributed by atoms with Crippen LogP contribution in [0.5, 0.6) is 0 Å². The Hall–Kier alpha value is -11.2. The molecule has 0 aliphatic carbocycles. The number of rotatable bonds is 7. The number of fused-ring (bicyclic) bond motifs is 13. The van der Waals surface area contributed by atoms with Gasteiger partial charge in [-0.25, -0.2) is 9.98 Å². The van der Waals surface area contributed by atoms with E-state index < -0.39 is 0 Å². The highest BCUT2D eigenvalue weighted by Crippen LogP contribution is 2.44. The van der Waals surface area contributed by atoms with Crippen molar-refractivity contribution in [3.05, 3.63) is 320 Å². The van der Waals surface area contributed by atoms with Crippen LogP contribution in [0, 0.1) is 0 Å². The van der Waals surface area contributed by atoms with Gasteiger partial charge in [0.25, 0.3) is 0 Å². The van der Waals surface area contributed by atoms with E-state index in [9.17, 15) is 0 Å². The Morgan fingerprint density at radius 3 is 1.28 bits per heavy atom. The van der Waals surface area contributed by atoms with E-state index in [-0.39, 0.29) is 6.04 Å². The van der Waals surface area contributed by atoms with Crippen molar-refractivity contribution in [3.8, 4) is 33.6 Å². The minimum absolute atomic E-state index is 0.222.